The van der Waals surface area contributed by atoms with Crippen LogP contribution in [-0.4, -0.2) is 35.3 Å². The molecule has 19 heavy (non-hydrogen) atoms. The van der Waals surface area contributed by atoms with Gasteiger partial charge in [-0.05, 0) is 19.1 Å². The normalized spacial score (nSPS) is 14.7. The van der Waals surface area contributed by atoms with Crippen LogP contribution in [0.2, 0.25) is 0 Å². The second-order valence-electron chi connectivity index (χ2n) is 3.79. The number of esters is 1. The Bertz CT molecular complexity index is 494. The number of ether oxygens (including phenoxy) is 1. The second kappa shape index (κ2) is 5.00. The Morgan fingerprint density at radius 3 is 2.16 bits per heavy atom. The maximum absolute atomic E-state index is 12.0. The SMILES string of the molecule is [CH2-]C(C(=O)OCC)N1C(=O)c2ccccc2C1=O.[Rf]. The van der Waals surface area contributed by atoms with Crippen LogP contribution >= 0.6 is 0 Å². The molecule has 1 heterocycles. The summed E-state index contributed by atoms with van der Waals surface area (Å²) < 4.78 is 4.76. The van der Waals surface area contributed by atoms with Gasteiger partial charge in [-0.2, -0.15) is 0 Å². The monoisotopic (exact) mass is 513 g/mol. The molecule has 1 aliphatic rings. The van der Waals surface area contributed by atoms with E-state index in [4.69, 9.17) is 4.74 Å². The van der Waals surface area contributed by atoms with Crippen LogP contribution in [-0.2, 0) is 9.53 Å². The average molecular weight is 513 g/mol. The molecule has 0 aromatic heterocycles. The van der Waals surface area contributed by atoms with E-state index in [0.29, 0.717) is 11.1 Å². The molecule has 5 nitrogen and oxygen atoms in total. The maximum Gasteiger partial charge on any atom is 0.297 e. The fraction of sp³-hybridized carbons (Fsp3) is 0.231. The van der Waals surface area contributed by atoms with Gasteiger partial charge in [0.2, 0.25) is 0 Å². The molecule has 1 atom stereocenters. The number of carbonyl (C=O) groups excluding carboxylic acids is 3. The molecule has 1 aromatic rings. The zero-order chi connectivity index (χ0) is 13.3. The van der Waals surface area contributed by atoms with E-state index in [0.717, 1.165) is 4.90 Å². The van der Waals surface area contributed by atoms with Crippen molar-refractivity contribution in [1.82, 2.24) is 4.90 Å². The van der Waals surface area contributed by atoms with Gasteiger partial charge >= 0.3 is 0 Å². The summed E-state index contributed by atoms with van der Waals surface area (Å²) >= 11 is 0. The van der Waals surface area contributed by atoms with Gasteiger partial charge in [0.15, 0.2) is 0 Å². The molecule has 0 N–H and O–H groups in total. The number of fused-ring (bicyclic) bond motifs is 1. The van der Waals surface area contributed by atoms with Crippen molar-refractivity contribution in [2.24, 2.45) is 0 Å². The van der Waals surface area contributed by atoms with Gasteiger partial charge in [0, 0.05) is 6.04 Å². The Balaban J connectivity index is 0.00000180. The number of carbonyl (C=O) groups is 3. The largest absolute Gasteiger partial charge is 0.466 e. The van der Waals surface area contributed by atoms with Crippen molar-refractivity contribution in [3.05, 3.63) is 42.3 Å². The minimum atomic E-state index is -1.16. The molecule has 1 unspecified atom stereocenters. The van der Waals surface area contributed by atoms with Crippen LogP contribution in [0, 0.1) is 6.92 Å². The van der Waals surface area contributed by atoms with E-state index in [-0.39, 0.29) is 6.61 Å². The third-order valence-corrected chi connectivity index (χ3v) is 2.70. The second-order valence-corrected chi connectivity index (χ2v) is 3.79. The number of hydrogen-bond donors (Lipinski definition) is 0. The van der Waals surface area contributed by atoms with Gasteiger partial charge in [-0.15, -0.1) is 0 Å². The van der Waals surface area contributed by atoms with Crippen LogP contribution in [0.15, 0.2) is 24.3 Å². The molecule has 2 rings (SSSR count). The Morgan fingerprint density at radius 1 is 1.26 bits per heavy atom. The minimum absolute atomic E-state index is 0. The summed E-state index contributed by atoms with van der Waals surface area (Å²) in [5.41, 5.74) is 0.584. The number of benzene rings is 1. The molecular formula is C13H12NO4Rf-. The molecule has 0 bridgehead atoms. The van der Waals surface area contributed by atoms with Gasteiger partial charge in [-0.1, -0.05) is 12.1 Å². The third kappa shape index (κ3) is 2.01. The van der Waals surface area contributed by atoms with E-state index >= 15 is 0 Å². The summed E-state index contributed by atoms with van der Waals surface area (Å²) in [6, 6.07) is 5.27. The van der Waals surface area contributed by atoms with Crippen molar-refractivity contribution in [1.29, 1.82) is 0 Å². The number of amides is 2. The quantitative estimate of drug-likeness (QED) is 0.345. The van der Waals surface area contributed by atoms with Crippen LogP contribution in [0.5, 0.6) is 0 Å². The first-order valence-electron chi connectivity index (χ1n) is 5.54. The molecule has 0 saturated heterocycles. The van der Waals surface area contributed by atoms with Gasteiger partial charge in [-0.25, -0.2) is 0 Å². The topological polar surface area (TPSA) is 63.7 Å². The van der Waals surface area contributed by atoms with Crippen molar-refractivity contribution >= 4 is 17.8 Å². The van der Waals surface area contributed by atoms with Crippen LogP contribution in [0.25, 0.3) is 0 Å². The number of hydrogen-bond acceptors (Lipinski definition) is 4. The van der Waals surface area contributed by atoms with Gasteiger partial charge in [0.1, 0.15) is 0 Å². The molecule has 96 valence electrons. The van der Waals surface area contributed by atoms with Crippen molar-refractivity contribution in [2.75, 3.05) is 6.61 Å². The summed E-state index contributed by atoms with van der Waals surface area (Å²) in [4.78, 5) is 36.4. The number of rotatable bonds is 3. The van der Waals surface area contributed by atoms with E-state index in [1.165, 1.54) is 0 Å². The van der Waals surface area contributed by atoms with Crippen molar-refractivity contribution < 1.29 is 19.1 Å². The molecule has 0 radical (unpaired) electrons. The zero-order valence-electron chi connectivity index (χ0n) is 10.6. The van der Waals surface area contributed by atoms with Gasteiger partial charge in [-0.3, -0.25) is 19.3 Å². The molecular weight excluding hydrogens is 501 g/mol. The molecule has 6 heteroatoms. The fourth-order valence-electron chi connectivity index (χ4n) is 1.83. The van der Waals surface area contributed by atoms with Crippen molar-refractivity contribution in [3.63, 3.8) is 0 Å². The first-order valence-corrected chi connectivity index (χ1v) is 5.54. The number of nitrogens with zero attached hydrogens (tertiary/aromatic N) is 1. The molecule has 0 fully saturated rings. The Morgan fingerprint density at radius 2 is 1.74 bits per heavy atom. The first kappa shape index (κ1) is 13.9. The summed E-state index contributed by atoms with van der Waals surface area (Å²) in [6.45, 7) is 5.35. The number of imide groups is 1. The Hall–Kier alpha value is -3.17. The van der Waals surface area contributed by atoms with Crippen LogP contribution in [0.1, 0.15) is 27.6 Å². The van der Waals surface area contributed by atoms with E-state index < -0.39 is 23.8 Å². The van der Waals surface area contributed by atoms with E-state index in [1.807, 2.05) is 0 Å². The molecule has 0 aliphatic carbocycles. The predicted octanol–water partition coefficient (Wildman–Crippen LogP) is 1.05. The minimum Gasteiger partial charge on any atom is -0.466 e. The van der Waals surface area contributed by atoms with Gasteiger partial charge in [0.05, 0.1) is 17.7 Å². The van der Waals surface area contributed by atoms with E-state index in [2.05, 4.69) is 6.92 Å². The molecule has 0 saturated carbocycles. The first-order chi connectivity index (χ1) is 8.57. The standard InChI is InChI=1S/C13H12NO4.Rf/c1-3-18-13(17)8(2)14-11(15)9-6-4-5-7-10(9)12(14)16;/h4-8H,2-3H2,1H3;/q-1;. The molecule has 0 spiro atoms. The Labute approximate surface area is 104 Å². The maximum atomic E-state index is 12.0. The van der Waals surface area contributed by atoms with Crippen LogP contribution in [0.4, 0.5) is 0 Å². The smallest absolute Gasteiger partial charge is 0.297 e. The molecule has 1 aliphatic heterocycles. The summed E-state index contributed by atoms with van der Waals surface area (Å²) in [6.07, 6.45) is 0. The third-order valence-electron chi connectivity index (χ3n) is 2.70. The van der Waals surface area contributed by atoms with Crippen molar-refractivity contribution in [2.45, 2.75) is 13.0 Å². The fourth-order valence-corrected chi connectivity index (χ4v) is 1.83. The summed E-state index contributed by atoms with van der Waals surface area (Å²) in [7, 11) is 0. The van der Waals surface area contributed by atoms with E-state index in [9.17, 15) is 14.4 Å². The van der Waals surface area contributed by atoms with Gasteiger partial charge < -0.3 is 11.7 Å². The summed E-state index contributed by atoms with van der Waals surface area (Å²) in [5.74, 6) is -1.71. The van der Waals surface area contributed by atoms with Crippen molar-refractivity contribution in [3.8, 4) is 0 Å². The van der Waals surface area contributed by atoms with Crippen LogP contribution < -0.4 is 0 Å². The average Bonchev–Trinajstić information content (AvgIpc) is 2.62. The molecule has 2 amide bonds. The Kier molecular flexibility index (Phi) is 3.65. The zero-order valence-corrected chi connectivity index (χ0v) is 17.0. The van der Waals surface area contributed by atoms with Gasteiger partial charge in [0.25, 0.3) is 17.8 Å². The molecule has 1 aromatic carbocycles. The predicted molar refractivity (Wildman–Crippen MR) is 62.7 cm³/mol. The van der Waals surface area contributed by atoms with Crippen LogP contribution in [0.3, 0.4) is 0 Å². The van der Waals surface area contributed by atoms with E-state index in [1.54, 1.807) is 31.2 Å². The summed E-state index contributed by atoms with van der Waals surface area (Å²) in [5, 5.41) is 0.